The lowest BCUT2D eigenvalue weighted by atomic mass is 10.2. The molecule has 152 valence electrons. The third-order valence-electron chi connectivity index (χ3n) is 3.48. The van der Waals surface area contributed by atoms with Crippen molar-refractivity contribution in [3.05, 3.63) is 59.1 Å². The summed E-state index contributed by atoms with van der Waals surface area (Å²) in [5, 5.41) is 9.38. The molecule has 2 aromatic carbocycles. The molecule has 0 bridgehead atoms. The van der Waals surface area contributed by atoms with Crippen molar-refractivity contribution in [1.82, 2.24) is 10.7 Å². The van der Waals surface area contributed by atoms with E-state index in [1.54, 1.807) is 48.5 Å². The number of rotatable bonds is 8. The smallest absolute Gasteiger partial charge is 0.329 e. The van der Waals surface area contributed by atoms with Crippen LogP contribution in [0.3, 0.4) is 0 Å². The fourth-order valence-corrected chi connectivity index (χ4v) is 2.29. The maximum Gasteiger partial charge on any atom is 0.329 e. The van der Waals surface area contributed by atoms with E-state index in [0.717, 1.165) is 6.42 Å². The first-order valence-corrected chi connectivity index (χ1v) is 9.25. The molecule has 2 rings (SSSR count). The van der Waals surface area contributed by atoms with E-state index in [9.17, 15) is 14.4 Å². The maximum absolute atomic E-state index is 11.9. The quantitative estimate of drug-likeness (QED) is 0.348. The molecule has 8 nitrogen and oxygen atoms in total. The fourth-order valence-electron chi connectivity index (χ4n) is 2.10. The van der Waals surface area contributed by atoms with E-state index >= 15 is 0 Å². The van der Waals surface area contributed by atoms with E-state index in [1.807, 2.05) is 6.92 Å². The molecule has 0 fully saturated rings. The highest BCUT2D eigenvalue weighted by molar-refractivity contribution is 6.35. The van der Waals surface area contributed by atoms with Crippen molar-refractivity contribution in [3.8, 4) is 5.75 Å². The van der Waals surface area contributed by atoms with Crippen molar-refractivity contribution >= 4 is 41.2 Å². The minimum atomic E-state index is -0.833. The fraction of sp³-hybridized carbons (Fsp3) is 0.200. The molecule has 0 heterocycles. The first-order chi connectivity index (χ1) is 14.0. The minimum Gasteiger partial charge on any atom is -0.484 e. The van der Waals surface area contributed by atoms with Crippen LogP contribution in [0, 0.1) is 0 Å². The van der Waals surface area contributed by atoms with Crippen molar-refractivity contribution in [2.75, 3.05) is 18.5 Å². The zero-order valence-electron chi connectivity index (χ0n) is 15.8. The third-order valence-corrected chi connectivity index (χ3v) is 3.72. The standard InChI is InChI=1S/C20H21ClN4O4/c1-2-10-22-19(27)20(28)25-23-12-14-6-8-17(9-7-14)29-13-18(26)24-16-5-3-4-15(21)11-16/h3-9,11-12H,2,10,13H2,1H3,(H,22,27)(H,24,26)(H,25,28)/b23-12-. The number of hydrogen-bond acceptors (Lipinski definition) is 5. The Kier molecular flexibility index (Phi) is 8.65. The third kappa shape index (κ3) is 8.02. The molecule has 0 aliphatic rings. The van der Waals surface area contributed by atoms with Crippen LogP contribution in [-0.2, 0) is 14.4 Å². The number of carbonyl (C=O) groups excluding carboxylic acids is 3. The molecule has 0 radical (unpaired) electrons. The molecule has 0 aliphatic heterocycles. The molecule has 3 amide bonds. The molecule has 0 spiro atoms. The normalized spacial score (nSPS) is 10.4. The second-order valence-corrected chi connectivity index (χ2v) is 6.31. The highest BCUT2D eigenvalue weighted by atomic mass is 35.5. The lowest BCUT2D eigenvalue weighted by Gasteiger charge is -2.08. The summed E-state index contributed by atoms with van der Waals surface area (Å²) in [6, 6.07) is 13.5. The van der Waals surface area contributed by atoms with Gasteiger partial charge in [-0.3, -0.25) is 14.4 Å². The Balaban J connectivity index is 1.77. The Labute approximate surface area is 173 Å². The van der Waals surface area contributed by atoms with Crippen molar-refractivity contribution in [3.63, 3.8) is 0 Å². The summed E-state index contributed by atoms with van der Waals surface area (Å²) >= 11 is 5.87. The summed E-state index contributed by atoms with van der Waals surface area (Å²) in [5.41, 5.74) is 3.41. The average molecular weight is 417 g/mol. The molecule has 0 saturated carbocycles. The van der Waals surface area contributed by atoms with Crippen LogP contribution in [0.2, 0.25) is 5.02 Å². The van der Waals surface area contributed by atoms with Gasteiger partial charge < -0.3 is 15.4 Å². The van der Waals surface area contributed by atoms with E-state index in [2.05, 4.69) is 21.2 Å². The number of hydrogen-bond donors (Lipinski definition) is 3. The van der Waals surface area contributed by atoms with Gasteiger partial charge in [-0.05, 0) is 54.4 Å². The van der Waals surface area contributed by atoms with Gasteiger partial charge in [-0.2, -0.15) is 5.10 Å². The molecule has 0 aromatic heterocycles. The van der Waals surface area contributed by atoms with Gasteiger partial charge in [-0.25, -0.2) is 5.43 Å². The maximum atomic E-state index is 11.9. The zero-order chi connectivity index (χ0) is 21.1. The molecule has 29 heavy (non-hydrogen) atoms. The SMILES string of the molecule is CCCNC(=O)C(=O)N/N=C\c1ccc(OCC(=O)Nc2cccc(Cl)c2)cc1. The molecule has 0 unspecified atom stereocenters. The van der Waals surface area contributed by atoms with Gasteiger partial charge in [0.1, 0.15) is 5.75 Å². The first-order valence-electron chi connectivity index (χ1n) is 8.87. The van der Waals surface area contributed by atoms with E-state index in [-0.39, 0.29) is 12.5 Å². The van der Waals surface area contributed by atoms with E-state index < -0.39 is 11.8 Å². The molecular weight excluding hydrogens is 396 g/mol. The van der Waals surface area contributed by atoms with Crippen molar-refractivity contribution < 1.29 is 19.1 Å². The highest BCUT2D eigenvalue weighted by Crippen LogP contribution is 2.15. The topological polar surface area (TPSA) is 109 Å². The van der Waals surface area contributed by atoms with E-state index in [1.165, 1.54) is 6.21 Å². The summed E-state index contributed by atoms with van der Waals surface area (Å²) in [5.74, 6) is -1.39. The molecule has 0 atom stereocenters. The van der Waals surface area contributed by atoms with Crippen molar-refractivity contribution in [1.29, 1.82) is 0 Å². The van der Waals surface area contributed by atoms with Gasteiger partial charge in [0.15, 0.2) is 6.61 Å². The molecular formula is C20H21ClN4O4. The van der Waals surface area contributed by atoms with Gasteiger partial charge in [0.2, 0.25) is 0 Å². The van der Waals surface area contributed by atoms with Gasteiger partial charge in [0.05, 0.1) is 6.21 Å². The van der Waals surface area contributed by atoms with Gasteiger partial charge in [0, 0.05) is 17.3 Å². The number of hydrazone groups is 1. The molecule has 0 aliphatic carbocycles. The van der Waals surface area contributed by atoms with Gasteiger partial charge >= 0.3 is 11.8 Å². The number of carbonyl (C=O) groups is 3. The van der Waals surface area contributed by atoms with Gasteiger partial charge in [0.25, 0.3) is 5.91 Å². The average Bonchev–Trinajstić information content (AvgIpc) is 2.71. The van der Waals surface area contributed by atoms with Crippen LogP contribution in [0.25, 0.3) is 0 Å². The predicted molar refractivity (Wildman–Crippen MR) is 111 cm³/mol. The highest BCUT2D eigenvalue weighted by Gasteiger charge is 2.10. The van der Waals surface area contributed by atoms with Crippen LogP contribution < -0.4 is 20.8 Å². The van der Waals surface area contributed by atoms with Gasteiger partial charge in [-0.15, -0.1) is 0 Å². The number of halogens is 1. The minimum absolute atomic E-state index is 0.164. The summed E-state index contributed by atoms with van der Waals surface area (Å²) in [6.45, 7) is 2.15. The van der Waals surface area contributed by atoms with Crippen LogP contribution >= 0.6 is 11.6 Å². The molecule has 3 N–H and O–H groups in total. The summed E-state index contributed by atoms with van der Waals surface area (Å²) < 4.78 is 5.42. The number of benzene rings is 2. The van der Waals surface area contributed by atoms with Crippen LogP contribution in [0.15, 0.2) is 53.6 Å². The van der Waals surface area contributed by atoms with Crippen LogP contribution in [0.1, 0.15) is 18.9 Å². The van der Waals surface area contributed by atoms with Crippen molar-refractivity contribution in [2.45, 2.75) is 13.3 Å². The van der Waals surface area contributed by atoms with Crippen LogP contribution in [0.4, 0.5) is 5.69 Å². The molecule has 9 heteroatoms. The van der Waals surface area contributed by atoms with Gasteiger partial charge in [-0.1, -0.05) is 24.6 Å². The Morgan fingerprint density at radius 1 is 1.10 bits per heavy atom. The zero-order valence-corrected chi connectivity index (χ0v) is 16.5. The van der Waals surface area contributed by atoms with Crippen LogP contribution in [0.5, 0.6) is 5.75 Å². The van der Waals surface area contributed by atoms with Crippen LogP contribution in [-0.4, -0.2) is 37.1 Å². The first kappa shape index (κ1) is 21.9. The lowest BCUT2D eigenvalue weighted by Crippen LogP contribution is -2.38. The Bertz CT molecular complexity index is 884. The Hall–Kier alpha value is -3.39. The number of nitrogens with one attached hydrogen (secondary N) is 3. The summed E-state index contributed by atoms with van der Waals surface area (Å²) in [4.78, 5) is 34.8. The van der Waals surface area contributed by atoms with E-state index in [4.69, 9.17) is 16.3 Å². The second kappa shape index (κ2) is 11.5. The number of nitrogens with zero attached hydrogens (tertiary/aromatic N) is 1. The largest absolute Gasteiger partial charge is 0.484 e. The second-order valence-electron chi connectivity index (χ2n) is 5.87. The predicted octanol–water partition coefficient (Wildman–Crippen LogP) is 2.33. The van der Waals surface area contributed by atoms with Crippen molar-refractivity contribution in [2.24, 2.45) is 5.10 Å². The van der Waals surface area contributed by atoms with E-state index in [0.29, 0.717) is 28.6 Å². The monoisotopic (exact) mass is 416 g/mol. The lowest BCUT2D eigenvalue weighted by molar-refractivity contribution is -0.139. The number of amides is 3. The Morgan fingerprint density at radius 2 is 1.86 bits per heavy atom. The number of ether oxygens (including phenoxy) is 1. The molecule has 2 aromatic rings. The number of anilines is 1. The molecule has 0 saturated heterocycles. The Morgan fingerprint density at radius 3 is 2.55 bits per heavy atom. The summed E-state index contributed by atoms with van der Waals surface area (Å²) in [7, 11) is 0. The summed E-state index contributed by atoms with van der Waals surface area (Å²) in [6.07, 6.45) is 2.12.